The molecule has 2 N–H and O–H groups in total. The molecule has 57 heavy (non-hydrogen) atoms. The summed E-state index contributed by atoms with van der Waals surface area (Å²) in [7, 11) is -2.45. The van der Waals surface area contributed by atoms with E-state index in [0.717, 1.165) is 6.42 Å². The molecule has 0 spiro atoms. The van der Waals surface area contributed by atoms with E-state index in [1.165, 1.54) is 23.1 Å². The summed E-state index contributed by atoms with van der Waals surface area (Å²) in [6, 6.07) is 3.91. The first-order valence-corrected chi connectivity index (χ1v) is 21.5. The van der Waals surface area contributed by atoms with Crippen LogP contribution in [-0.4, -0.2) is 103 Å². The zero-order chi connectivity index (χ0) is 40.7. The molecule has 13 nitrogen and oxygen atoms in total. The van der Waals surface area contributed by atoms with E-state index in [1.807, 2.05) is 12.2 Å². The van der Waals surface area contributed by atoms with Gasteiger partial charge in [0.2, 0.25) is 33.6 Å². The fourth-order valence-electron chi connectivity index (χ4n) is 8.36. The Morgan fingerprint density at radius 1 is 1.05 bits per heavy atom. The number of methoxy groups -OCH3 is 1. The Labute approximate surface area is 334 Å². The van der Waals surface area contributed by atoms with Gasteiger partial charge in [-0.25, -0.2) is 13.4 Å². The Morgan fingerprint density at radius 3 is 2.51 bits per heavy atom. The van der Waals surface area contributed by atoms with Crippen molar-refractivity contribution in [2.75, 3.05) is 26.7 Å². The van der Waals surface area contributed by atoms with Crippen molar-refractivity contribution in [3.05, 3.63) is 41.6 Å². The second-order valence-corrected chi connectivity index (χ2v) is 18.2. The predicted molar refractivity (Wildman–Crippen MR) is 203 cm³/mol. The average molecular weight is 838 g/mol. The number of hydrogen-bond donors (Lipinski definition) is 2. The highest BCUT2D eigenvalue weighted by Gasteiger charge is 2.62. The van der Waals surface area contributed by atoms with Gasteiger partial charge in [-0.2, -0.15) is 13.2 Å². The third kappa shape index (κ3) is 8.83. The molecule has 2 aromatic rings. The zero-order valence-corrected chi connectivity index (χ0v) is 33.1. The monoisotopic (exact) mass is 837 g/mol. The van der Waals surface area contributed by atoms with Gasteiger partial charge in [0.1, 0.15) is 23.4 Å². The van der Waals surface area contributed by atoms with Gasteiger partial charge < -0.3 is 24.6 Å². The highest BCUT2D eigenvalue weighted by molar-refractivity contribution is 7.91. The number of amides is 4. The highest BCUT2D eigenvalue weighted by Crippen LogP contribution is 2.46. The molecule has 7 rings (SSSR count). The van der Waals surface area contributed by atoms with Gasteiger partial charge in [0.25, 0.3) is 5.91 Å². The van der Waals surface area contributed by atoms with Crippen LogP contribution in [0.1, 0.15) is 77.0 Å². The molecule has 2 saturated heterocycles. The van der Waals surface area contributed by atoms with Crippen LogP contribution in [0.2, 0.25) is 5.02 Å². The van der Waals surface area contributed by atoms with Crippen LogP contribution in [0, 0.1) is 17.8 Å². The van der Waals surface area contributed by atoms with E-state index in [0.29, 0.717) is 60.1 Å². The third-order valence-electron chi connectivity index (χ3n) is 12.0. The molecule has 0 bridgehead atoms. The van der Waals surface area contributed by atoms with Crippen molar-refractivity contribution < 1.29 is 50.2 Å². The molecular formula is C39H47ClF3N5O8S. The van der Waals surface area contributed by atoms with Crippen LogP contribution in [0.4, 0.5) is 13.2 Å². The van der Waals surface area contributed by atoms with E-state index in [2.05, 4.69) is 15.0 Å². The number of ether oxygens (including phenoxy) is 2. The summed E-state index contributed by atoms with van der Waals surface area (Å²) < 4.78 is 79.8. The molecule has 0 radical (unpaired) electrons. The Bertz CT molecular complexity index is 2040. The molecule has 2 aliphatic carbocycles. The maximum absolute atomic E-state index is 14.7. The molecule has 4 heterocycles. The largest absolute Gasteiger partial charge is 0.495 e. The SMILES string of the molecule is COc1ccc2c(O[C@@H]3C[C@H]4C(=O)N[C@]5(C(=O)NS(=O)(=O)C6CC6)C[C@H]5C=CCCCCC[C@H](CC(=O)N5CCC(C(F)(F)F)CC5)C(=O)N4C3)nccc2c1Cl. The number of fused-ring (bicyclic) bond motifs is 3. The highest BCUT2D eigenvalue weighted by atomic mass is 35.5. The Kier molecular flexibility index (Phi) is 11.7. The predicted octanol–water partition coefficient (Wildman–Crippen LogP) is 5.06. The van der Waals surface area contributed by atoms with Crippen LogP contribution in [0.3, 0.4) is 0 Å². The average Bonchev–Trinajstić information content (AvgIpc) is 4.10. The van der Waals surface area contributed by atoms with Gasteiger partial charge in [0.15, 0.2) is 0 Å². The number of aromatic nitrogens is 1. The quantitative estimate of drug-likeness (QED) is 0.346. The topological polar surface area (TPSA) is 164 Å². The number of carbonyl (C=O) groups excluding carboxylic acids is 4. The van der Waals surface area contributed by atoms with Crippen LogP contribution in [-0.2, 0) is 29.2 Å². The molecule has 1 aromatic carbocycles. The van der Waals surface area contributed by atoms with Crippen molar-refractivity contribution >= 4 is 56.0 Å². The van der Waals surface area contributed by atoms with Gasteiger partial charge in [-0.1, -0.05) is 36.6 Å². The first-order chi connectivity index (χ1) is 27.1. The Hall–Kier alpha value is -4.12. The molecule has 2 saturated carbocycles. The number of allylic oxidation sites excluding steroid dienone is 1. The molecule has 3 aliphatic heterocycles. The molecule has 5 atom stereocenters. The van der Waals surface area contributed by atoms with Gasteiger partial charge in [0, 0.05) is 54.7 Å². The molecule has 18 heteroatoms. The second kappa shape index (κ2) is 16.3. The van der Waals surface area contributed by atoms with Gasteiger partial charge in [-0.3, -0.25) is 23.9 Å². The number of nitrogens with zero attached hydrogens (tertiary/aromatic N) is 3. The number of carbonyl (C=O) groups is 4. The first kappa shape index (κ1) is 41.1. The van der Waals surface area contributed by atoms with E-state index >= 15 is 0 Å². The number of hydrogen-bond acceptors (Lipinski definition) is 9. The second-order valence-electron chi connectivity index (χ2n) is 15.9. The number of nitrogens with one attached hydrogen (secondary N) is 2. The smallest absolute Gasteiger partial charge is 0.391 e. The fraction of sp³-hybridized carbons (Fsp3) is 0.615. The number of alkyl halides is 3. The van der Waals surface area contributed by atoms with E-state index in [9.17, 15) is 40.8 Å². The van der Waals surface area contributed by atoms with Crippen molar-refractivity contribution in [1.29, 1.82) is 0 Å². The van der Waals surface area contributed by atoms with Crippen LogP contribution in [0.15, 0.2) is 36.5 Å². The summed E-state index contributed by atoms with van der Waals surface area (Å²) in [6.07, 6.45) is 3.42. The van der Waals surface area contributed by atoms with Crippen molar-refractivity contribution in [2.24, 2.45) is 17.8 Å². The van der Waals surface area contributed by atoms with Crippen molar-refractivity contribution in [3.8, 4) is 11.6 Å². The van der Waals surface area contributed by atoms with E-state index in [4.69, 9.17) is 21.1 Å². The number of pyridine rings is 1. The van der Waals surface area contributed by atoms with E-state index < -0.39 is 80.5 Å². The standard InChI is InChI=1S/C39H47ClF3N5O8S/c1-55-31-12-11-29-28(33(31)40)13-16-44-35(29)56-26-20-30-34(50)45-38(37(52)46-57(53,54)27-9-10-27)21-25(38)8-6-4-2-3-5-7-23(36(51)48(30)22-26)19-32(49)47-17-14-24(15-18-47)39(41,42)43/h6,8,11-13,16,23-27,30H,2-5,7,9-10,14-15,17-22H2,1H3,(H,45,50)(H,46,52)/t23-,25-,26-,30+,38-/m1/s1. The number of halogens is 4. The van der Waals surface area contributed by atoms with Crippen molar-refractivity contribution in [2.45, 2.75) is 106 Å². The lowest BCUT2D eigenvalue weighted by Crippen LogP contribution is -2.57. The van der Waals surface area contributed by atoms with E-state index in [-0.39, 0.29) is 57.6 Å². The van der Waals surface area contributed by atoms with Crippen molar-refractivity contribution in [3.63, 3.8) is 0 Å². The minimum Gasteiger partial charge on any atom is -0.495 e. The number of likely N-dealkylation sites (tertiary alicyclic amines) is 1. The summed E-state index contributed by atoms with van der Waals surface area (Å²) >= 11 is 6.58. The van der Waals surface area contributed by atoms with Gasteiger partial charge >= 0.3 is 6.18 Å². The molecule has 0 unspecified atom stereocenters. The first-order valence-electron chi connectivity index (χ1n) is 19.6. The van der Waals surface area contributed by atoms with Gasteiger partial charge in [0.05, 0.1) is 29.8 Å². The summed E-state index contributed by atoms with van der Waals surface area (Å²) in [5, 5.41) is 3.67. The summed E-state index contributed by atoms with van der Waals surface area (Å²) in [5.74, 6) is -4.66. The Morgan fingerprint density at radius 2 is 1.81 bits per heavy atom. The Balaban J connectivity index is 1.17. The maximum Gasteiger partial charge on any atom is 0.391 e. The lowest BCUT2D eigenvalue weighted by atomic mass is 9.92. The fourth-order valence-corrected chi connectivity index (χ4v) is 10.0. The maximum atomic E-state index is 14.7. The lowest BCUT2D eigenvalue weighted by Gasteiger charge is -2.34. The summed E-state index contributed by atoms with van der Waals surface area (Å²) in [5.41, 5.74) is -1.56. The summed E-state index contributed by atoms with van der Waals surface area (Å²) in [6.45, 7) is -0.230. The number of rotatable bonds is 8. The summed E-state index contributed by atoms with van der Waals surface area (Å²) in [4.78, 5) is 63.6. The van der Waals surface area contributed by atoms with Gasteiger partial charge in [-0.15, -0.1) is 0 Å². The molecule has 1 aromatic heterocycles. The molecular weight excluding hydrogens is 791 g/mol. The van der Waals surface area contributed by atoms with Crippen LogP contribution < -0.4 is 19.5 Å². The molecule has 4 fully saturated rings. The normalized spacial score (nSPS) is 27.8. The minimum absolute atomic E-state index is 0.0241. The van der Waals surface area contributed by atoms with Crippen LogP contribution >= 0.6 is 11.6 Å². The molecule has 4 amide bonds. The van der Waals surface area contributed by atoms with E-state index in [1.54, 1.807) is 18.2 Å². The zero-order valence-electron chi connectivity index (χ0n) is 31.6. The van der Waals surface area contributed by atoms with Crippen LogP contribution in [0.5, 0.6) is 11.6 Å². The number of piperidine rings is 1. The third-order valence-corrected chi connectivity index (χ3v) is 14.2. The van der Waals surface area contributed by atoms with Crippen LogP contribution in [0.25, 0.3) is 10.8 Å². The number of benzene rings is 1. The number of sulfonamides is 1. The van der Waals surface area contributed by atoms with Gasteiger partial charge in [-0.05, 0) is 69.6 Å². The molecule has 5 aliphatic rings. The minimum atomic E-state index is -4.35. The lowest BCUT2D eigenvalue weighted by molar-refractivity contribution is -0.186. The van der Waals surface area contributed by atoms with Crippen molar-refractivity contribution in [1.82, 2.24) is 24.8 Å². The molecule has 310 valence electrons.